The number of benzene rings is 2. The number of hydrogen-bond donors (Lipinski definition) is 2. The molecule has 2 aromatic carbocycles. The summed E-state index contributed by atoms with van der Waals surface area (Å²) in [6.07, 6.45) is 1.59. The molecule has 2 heterocycles. The van der Waals surface area contributed by atoms with Crippen molar-refractivity contribution in [2.24, 2.45) is 5.92 Å². The van der Waals surface area contributed by atoms with E-state index in [-0.39, 0.29) is 66.0 Å². The lowest BCUT2D eigenvalue weighted by Crippen LogP contribution is -2.48. The maximum atomic E-state index is 14.4. The van der Waals surface area contributed by atoms with E-state index >= 15 is 0 Å². The zero-order valence-electron chi connectivity index (χ0n) is 28.6. The van der Waals surface area contributed by atoms with Crippen LogP contribution < -0.4 is 10.1 Å². The number of ether oxygens (including phenoxy) is 2. The maximum Gasteiger partial charge on any atom is 0.258 e. The van der Waals surface area contributed by atoms with Crippen LogP contribution in [0.3, 0.4) is 0 Å². The average Bonchev–Trinajstić information content (AvgIpc) is 3.40. The highest BCUT2D eigenvalue weighted by Gasteiger charge is 2.34. The van der Waals surface area contributed by atoms with Crippen LogP contribution in [-0.2, 0) is 26.0 Å². The summed E-state index contributed by atoms with van der Waals surface area (Å²) in [5.41, 5.74) is 1.83. The largest absolute Gasteiger partial charge is 0.490 e. The Morgan fingerprint density at radius 3 is 2.54 bits per heavy atom. The highest BCUT2D eigenvalue weighted by molar-refractivity contribution is 7.89. The second-order valence-corrected chi connectivity index (χ2v) is 14.6. The van der Waals surface area contributed by atoms with Crippen LogP contribution in [0.1, 0.15) is 67.4 Å². The number of hydrogen-bond acceptors (Lipinski definition) is 9. The molecule has 12 nitrogen and oxygen atoms in total. The summed E-state index contributed by atoms with van der Waals surface area (Å²) >= 11 is 0. The minimum atomic E-state index is -3.94. The van der Waals surface area contributed by atoms with Crippen LogP contribution in [0.5, 0.6) is 5.75 Å². The normalized spacial score (nSPS) is 20.5. The zero-order valence-corrected chi connectivity index (χ0v) is 29.5. The fraction of sp³-hybridized carbons (Fsp3) is 0.514. The van der Waals surface area contributed by atoms with Crippen molar-refractivity contribution < 1.29 is 37.1 Å². The Bertz CT molecular complexity index is 1630. The third kappa shape index (κ3) is 9.22. The number of fused-ring (bicyclic) bond motifs is 1. The molecular formula is C35H48N4O8S. The van der Waals surface area contributed by atoms with Gasteiger partial charge in [-0.3, -0.25) is 9.59 Å². The molecule has 0 saturated carbocycles. The van der Waals surface area contributed by atoms with Crippen molar-refractivity contribution in [1.82, 2.24) is 14.4 Å². The summed E-state index contributed by atoms with van der Waals surface area (Å²) in [6.45, 7) is 9.00. The molecule has 0 radical (unpaired) electrons. The fourth-order valence-electron chi connectivity index (χ4n) is 5.80. The van der Waals surface area contributed by atoms with Crippen molar-refractivity contribution in [3.05, 3.63) is 71.1 Å². The minimum absolute atomic E-state index is 0.0246. The summed E-state index contributed by atoms with van der Waals surface area (Å²) in [6, 6.07) is 13.8. The predicted molar refractivity (Wildman–Crippen MR) is 181 cm³/mol. The molecule has 0 aliphatic carbocycles. The van der Waals surface area contributed by atoms with Gasteiger partial charge in [0.25, 0.3) is 5.91 Å². The number of nitrogens with one attached hydrogen (secondary N) is 1. The van der Waals surface area contributed by atoms with Crippen molar-refractivity contribution in [1.29, 1.82) is 0 Å². The van der Waals surface area contributed by atoms with Gasteiger partial charge in [0.15, 0.2) is 5.76 Å². The molecule has 0 unspecified atom stereocenters. The molecule has 13 heteroatoms. The Hall–Kier alpha value is -3.78. The number of aliphatic hydroxyl groups is 1. The molecule has 4 atom stereocenters. The van der Waals surface area contributed by atoms with E-state index in [2.05, 4.69) is 10.5 Å². The Labute approximate surface area is 283 Å². The summed E-state index contributed by atoms with van der Waals surface area (Å²) in [5.74, 6) is -0.374. The standard InChI is InChI=1S/C35H48N4O8S/c1-23-20-39(24(2)22-40)35(42)30-19-29(36-33(41)18-28-13-8-7-9-14-28)15-16-31(30)46-25(3)12-10-11-17-45-32(23)21-38(6)48(43,44)34-26(4)37-47-27(34)5/h7-9,13-16,19,23-25,32,40H,10-12,17-18,20-22H2,1-6H3,(H,36,41)/t23-,24+,25-,32-/m0/s1. The van der Waals surface area contributed by atoms with Gasteiger partial charge in [-0.05, 0) is 70.7 Å². The van der Waals surface area contributed by atoms with E-state index < -0.39 is 28.1 Å². The number of aryl methyl sites for hydroxylation is 2. The Kier molecular flexibility index (Phi) is 12.8. The van der Waals surface area contributed by atoms with Gasteiger partial charge in [-0.1, -0.05) is 42.4 Å². The molecule has 0 saturated heterocycles. The summed E-state index contributed by atoms with van der Waals surface area (Å²) in [7, 11) is -2.45. The number of carbonyl (C=O) groups is 2. The van der Waals surface area contributed by atoms with E-state index in [4.69, 9.17) is 14.0 Å². The number of rotatable bonds is 9. The first kappa shape index (κ1) is 37.0. The van der Waals surface area contributed by atoms with E-state index in [1.54, 1.807) is 43.9 Å². The van der Waals surface area contributed by atoms with E-state index in [0.717, 1.165) is 18.4 Å². The zero-order chi connectivity index (χ0) is 35.0. The van der Waals surface area contributed by atoms with Crippen LogP contribution in [0.2, 0.25) is 0 Å². The molecule has 262 valence electrons. The lowest BCUT2D eigenvalue weighted by molar-refractivity contribution is -0.115. The molecule has 0 spiro atoms. The van der Waals surface area contributed by atoms with Gasteiger partial charge in [0, 0.05) is 38.3 Å². The van der Waals surface area contributed by atoms with Crippen molar-refractivity contribution in [3.63, 3.8) is 0 Å². The third-order valence-corrected chi connectivity index (χ3v) is 10.7. The predicted octanol–water partition coefficient (Wildman–Crippen LogP) is 4.59. The van der Waals surface area contributed by atoms with Crippen molar-refractivity contribution in [2.75, 3.05) is 38.7 Å². The molecule has 1 aliphatic rings. The number of nitrogens with zero attached hydrogens (tertiary/aromatic N) is 3. The number of aromatic nitrogens is 1. The van der Waals surface area contributed by atoms with Gasteiger partial charge in [-0.25, -0.2) is 8.42 Å². The molecule has 4 rings (SSSR count). The smallest absolute Gasteiger partial charge is 0.258 e. The second-order valence-electron chi connectivity index (χ2n) is 12.7. The lowest BCUT2D eigenvalue weighted by Gasteiger charge is -2.35. The van der Waals surface area contributed by atoms with Gasteiger partial charge in [0.2, 0.25) is 15.9 Å². The molecule has 1 aliphatic heterocycles. The van der Waals surface area contributed by atoms with Gasteiger partial charge >= 0.3 is 0 Å². The molecule has 2 N–H and O–H groups in total. The molecule has 0 bridgehead atoms. The van der Waals surface area contributed by atoms with Gasteiger partial charge in [-0.15, -0.1) is 0 Å². The topological polar surface area (TPSA) is 152 Å². The SMILES string of the molecule is Cc1noc(C)c1S(=O)(=O)N(C)C[C@@H]1OCCCC[C@H](C)Oc2ccc(NC(=O)Cc3ccccc3)cc2C(=O)N([C@H](C)CO)C[C@@H]1C. The highest BCUT2D eigenvalue weighted by Crippen LogP contribution is 2.29. The average molecular weight is 685 g/mol. The van der Waals surface area contributed by atoms with Crippen LogP contribution in [0.15, 0.2) is 57.9 Å². The van der Waals surface area contributed by atoms with Crippen LogP contribution in [0, 0.1) is 19.8 Å². The van der Waals surface area contributed by atoms with Gasteiger partial charge in [-0.2, -0.15) is 4.31 Å². The first-order valence-electron chi connectivity index (χ1n) is 16.4. The fourth-order valence-corrected chi connectivity index (χ4v) is 7.27. The molecule has 1 aromatic heterocycles. The summed E-state index contributed by atoms with van der Waals surface area (Å²) in [5, 5.41) is 16.9. The molecule has 48 heavy (non-hydrogen) atoms. The molecular weight excluding hydrogens is 636 g/mol. The Balaban J connectivity index is 1.64. The van der Waals surface area contributed by atoms with E-state index in [0.29, 0.717) is 24.5 Å². The second kappa shape index (κ2) is 16.6. The summed E-state index contributed by atoms with van der Waals surface area (Å²) < 4.78 is 46.1. The lowest BCUT2D eigenvalue weighted by atomic mass is 10.0. The maximum absolute atomic E-state index is 14.4. The van der Waals surface area contributed by atoms with E-state index in [9.17, 15) is 23.1 Å². The highest BCUT2D eigenvalue weighted by atomic mass is 32.2. The minimum Gasteiger partial charge on any atom is -0.490 e. The van der Waals surface area contributed by atoms with Gasteiger partial charge in [0.05, 0.1) is 36.8 Å². The van der Waals surface area contributed by atoms with Gasteiger partial charge < -0.3 is 29.3 Å². The van der Waals surface area contributed by atoms with E-state index in [1.807, 2.05) is 44.2 Å². The number of aliphatic hydroxyl groups excluding tert-OH is 1. The number of amides is 2. The summed E-state index contributed by atoms with van der Waals surface area (Å²) in [4.78, 5) is 28.8. The monoisotopic (exact) mass is 684 g/mol. The van der Waals surface area contributed by atoms with E-state index in [1.165, 1.54) is 11.4 Å². The van der Waals surface area contributed by atoms with Crippen LogP contribution in [0.25, 0.3) is 0 Å². The van der Waals surface area contributed by atoms with Crippen molar-refractivity contribution in [2.45, 2.75) is 83.4 Å². The first-order valence-corrected chi connectivity index (χ1v) is 17.8. The molecule has 0 fully saturated rings. The molecule has 2 amide bonds. The van der Waals surface area contributed by atoms with Gasteiger partial charge in [0.1, 0.15) is 16.3 Å². The number of likely N-dealkylation sites (N-methyl/N-ethyl adjacent to an activating group) is 1. The number of carbonyl (C=O) groups excluding carboxylic acids is 2. The van der Waals surface area contributed by atoms with Crippen molar-refractivity contribution in [3.8, 4) is 5.75 Å². The van der Waals surface area contributed by atoms with Crippen LogP contribution in [-0.4, -0.2) is 91.3 Å². The molecule has 3 aromatic rings. The van der Waals surface area contributed by atoms with Crippen LogP contribution in [0.4, 0.5) is 5.69 Å². The third-order valence-electron chi connectivity index (χ3n) is 8.62. The Morgan fingerprint density at radius 1 is 1.15 bits per heavy atom. The quantitative estimate of drug-likeness (QED) is 0.330. The number of sulfonamides is 1. The van der Waals surface area contributed by atoms with Crippen LogP contribution >= 0.6 is 0 Å². The Morgan fingerprint density at radius 2 is 1.88 bits per heavy atom. The number of anilines is 1. The first-order chi connectivity index (χ1) is 22.8. The van der Waals surface area contributed by atoms with Crippen molar-refractivity contribution >= 4 is 27.5 Å².